The maximum atomic E-state index is 11.3. The van der Waals surface area contributed by atoms with Crippen molar-refractivity contribution < 1.29 is 4.74 Å². The Balaban J connectivity index is 2.10. The zero-order chi connectivity index (χ0) is 14.5. The summed E-state index contributed by atoms with van der Waals surface area (Å²) in [5.41, 5.74) is 3.96. The van der Waals surface area contributed by atoms with Gasteiger partial charge in [-0.25, -0.2) is 10.4 Å². The molecule has 0 saturated carbocycles. The van der Waals surface area contributed by atoms with Crippen molar-refractivity contribution in [3.63, 3.8) is 0 Å². The van der Waals surface area contributed by atoms with Crippen LogP contribution in [0.25, 0.3) is 0 Å². The van der Waals surface area contributed by atoms with Crippen LogP contribution in [0.1, 0.15) is 11.3 Å². The summed E-state index contributed by atoms with van der Waals surface area (Å²) < 4.78 is 5.98. The van der Waals surface area contributed by atoms with E-state index in [1.54, 1.807) is 20.2 Å². The third-order valence-electron chi connectivity index (χ3n) is 2.43. The molecule has 0 unspecified atom stereocenters. The summed E-state index contributed by atoms with van der Waals surface area (Å²) in [6.07, 6.45) is 1.62. The van der Waals surface area contributed by atoms with Gasteiger partial charge >= 0.3 is 0 Å². The second-order valence-electron chi connectivity index (χ2n) is 4.00. The van der Waals surface area contributed by atoms with E-state index in [0.717, 1.165) is 15.8 Å². The van der Waals surface area contributed by atoms with Gasteiger partial charge in [-0.3, -0.25) is 9.78 Å². The number of hydrogen-bond donors (Lipinski definition) is 2. The van der Waals surface area contributed by atoms with E-state index in [-0.39, 0.29) is 5.56 Å². The number of nitrogens with zero attached hydrogens (tertiary/aromatic N) is 2. The molecule has 0 aliphatic carbocycles. The standard InChI is InChI=1S/C13H13BrN4O2/c1-8-5-12(19)17-13(16-8)18-15-7-9-3-4-11(20-2)10(14)6-9/h3-7H,1-2H3,(H2,16,17,18,19). The number of methoxy groups -OCH3 is 1. The van der Waals surface area contributed by atoms with E-state index in [0.29, 0.717) is 11.6 Å². The molecule has 7 heteroatoms. The molecule has 104 valence electrons. The van der Waals surface area contributed by atoms with Gasteiger partial charge in [-0.1, -0.05) is 0 Å². The lowest BCUT2D eigenvalue weighted by Crippen LogP contribution is -2.10. The molecule has 0 saturated heterocycles. The molecule has 0 radical (unpaired) electrons. The molecule has 20 heavy (non-hydrogen) atoms. The molecule has 1 aromatic heterocycles. The molecule has 0 bridgehead atoms. The molecule has 0 atom stereocenters. The average Bonchev–Trinajstić information content (AvgIpc) is 2.38. The maximum absolute atomic E-state index is 11.3. The average molecular weight is 337 g/mol. The normalized spacial score (nSPS) is 10.8. The van der Waals surface area contributed by atoms with Gasteiger partial charge < -0.3 is 4.74 Å². The lowest BCUT2D eigenvalue weighted by Gasteiger charge is -2.03. The Hall–Kier alpha value is -2.15. The maximum Gasteiger partial charge on any atom is 0.252 e. The molecule has 1 aromatic carbocycles. The second-order valence-corrected chi connectivity index (χ2v) is 4.85. The van der Waals surface area contributed by atoms with Gasteiger partial charge in [0.1, 0.15) is 5.75 Å². The predicted octanol–water partition coefficient (Wildman–Crippen LogP) is 2.30. The van der Waals surface area contributed by atoms with Gasteiger partial charge in [0.2, 0.25) is 5.95 Å². The van der Waals surface area contributed by atoms with Crippen molar-refractivity contribution in [1.29, 1.82) is 0 Å². The summed E-state index contributed by atoms with van der Waals surface area (Å²) in [6.45, 7) is 1.74. The van der Waals surface area contributed by atoms with Crippen molar-refractivity contribution >= 4 is 28.1 Å². The Labute approximate surface area is 124 Å². The number of aromatic amines is 1. The van der Waals surface area contributed by atoms with Crippen molar-refractivity contribution in [2.75, 3.05) is 12.5 Å². The molecule has 0 spiro atoms. The number of aryl methyl sites for hydroxylation is 1. The third kappa shape index (κ3) is 3.67. The minimum Gasteiger partial charge on any atom is -0.496 e. The van der Waals surface area contributed by atoms with Crippen molar-refractivity contribution in [3.8, 4) is 5.75 Å². The van der Waals surface area contributed by atoms with E-state index in [1.165, 1.54) is 6.07 Å². The highest BCUT2D eigenvalue weighted by molar-refractivity contribution is 9.10. The monoisotopic (exact) mass is 336 g/mol. The van der Waals surface area contributed by atoms with Crippen molar-refractivity contribution in [2.45, 2.75) is 6.92 Å². The van der Waals surface area contributed by atoms with Gasteiger partial charge in [-0.2, -0.15) is 5.10 Å². The molecule has 6 nitrogen and oxygen atoms in total. The highest BCUT2D eigenvalue weighted by Crippen LogP contribution is 2.24. The molecular weight excluding hydrogens is 324 g/mol. The van der Waals surface area contributed by atoms with Crippen LogP contribution in [0.5, 0.6) is 5.75 Å². The van der Waals surface area contributed by atoms with Crippen LogP contribution in [0.3, 0.4) is 0 Å². The van der Waals surface area contributed by atoms with Crippen molar-refractivity contribution in [2.24, 2.45) is 5.10 Å². The zero-order valence-electron chi connectivity index (χ0n) is 11.0. The van der Waals surface area contributed by atoms with Gasteiger partial charge in [0.25, 0.3) is 5.56 Å². The van der Waals surface area contributed by atoms with E-state index < -0.39 is 0 Å². The summed E-state index contributed by atoms with van der Waals surface area (Å²) in [7, 11) is 1.61. The van der Waals surface area contributed by atoms with Crippen LogP contribution in [-0.2, 0) is 0 Å². The quantitative estimate of drug-likeness (QED) is 0.663. The van der Waals surface area contributed by atoms with Crippen LogP contribution in [-0.4, -0.2) is 23.3 Å². The van der Waals surface area contributed by atoms with E-state index in [1.807, 2.05) is 18.2 Å². The third-order valence-corrected chi connectivity index (χ3v) is 3.05. The number of H-pyrrole nitrogens is 1. The first-order chi connectivity index (χ1) is 9.58. The molecule has 0 aliphatic heterocycles. The molecule has 2 rings (SSSR count). The Morgan fingerprint density at radius 2 is 2.25 bits per heavy atom. The van der Waals surface area contributed by atoms with E-state index >= 15 is 0 Å². The Kier molecular flexibility index (Phi) is 4.52. The Bertz CT molecular complexity index is 697. The van der Waals surface area contributed by atoms with E-state index in [4.69, 9.17) is 4.74 Å². The lowest BCUT2D eigenvalue weighted by atomic mass is 10.2. The second kappa shape index (κ2) is 6.33. The van der Waals surface area contributed by atoms with Gasteiger partial charge in [0.15, 0.2) is 0 Å². The predicted molar refractivity (Wildman–Crippen MR) is 81.5 cm³/mol. The van der Waals surface area contributed by atoms with Crippen LogP contribution >= 0.6 is 15.9 Å². The molecule has 0 fully saturated rings. The number of nitrogens with one attached hydrogen (secondary N) is 2. The van der Waals surface area contributed by atoms with Gasteiger partial charge in [0, 0.05) is 11.8 Å². The fourth-order valence-electron chi connectivity index (χ4n) is 1.56. The molecule has 0 aliphatic rings. The number of hydrogen-bond acceptors (Lipinski definition) is 5. The highest BCUT2D eigenvalue weighted by Gasteiger charge is 1.99. The van der Waals surface area contributed by atoms with Gasteiger partial charge in [-0.05, 0) is 46.6 Å². The first-order valence-corrected chi connectivity index (χ1v) is 6.58. The van der Waals surface area contributed by atoms with Crippen LogP contribution in [0.15, 0.2) is 38.6 Å². The van der Waals surface area contributed by atoms with E-state index in [2.05, 4.69) is 36.4 Å². The number of benzene rings is 1. The van der Waals surface area contributed by atoms with E-state index in [9.17, 15) is 4.79 Å². The first-order valence-electron chi connectivity index (χ1n) is 5.79. The summed E-state index contributed by atoms with van der Waals surface area (Å²) in [5.74, 6) is 1.05. The minimum atomic E-state index is -0.220. The Morgan fingerprint density at radius 3 is 2.90 bits per heavy atom. The topological polar surface area (TPSA) is 79.4 Å². The van der Waals surface area contributed by atoms with Crippen LogP contribution < -0.4 is 15.7 Å². The molecule has 2 N–H and O–H groups in total. The lowest BCUT2D eigenvalue weighted by molar-refractivity contribution is 0.412. The molecule has 0 amide bonds. The molecule has 1 heterocycles. The van der Waals surface area contributed by atoms with Crippen LogP contribution in [0, 0.1) is 6.92 Å². The van der Waals surface area contributed by atoms with Crippen molar-refractivity contribution in [3.05, 3.63) is 50.3 Å². The SMILES string of the molecule is COc1ccc(C=NNc2nc(C)cc(=O)[nH]2)cc1Br. The van der Waals surface area contributed by atoms with Crippen LogP contribution in [0.4, 0.5) is 5.95 Å². The summed E-state index contributed by atoms with van der Waals surface area (Å²) in [4.78, 5) is 17.9. The molecular formula is C13H13BrN4O2. The van der Waals surface area contributed by atoms with Crippen LogP contribution in [0.2, 0.25) is 0 Å². The van der Waals surface area contributed by atoms with Crippen molar-refractivity contribution in [1.82, 2.24) is 9.97 Å². The number of ether oxygens (including phenoxy) is 1. The fraction of sp³-hybridized carbons (Fsp3) is 0.154. The largest absolute Gasteiger partial charge is 0.496 e. The Morgan fingerprint density at radius 1 is 1.45 bits per heavy atom. The minimum absolute atomic E-state index is 0.220. The zero-order valence-corrected chi connectivity index (χ0v) is 12.6. The summed E-state index contributed by atoms with van der Waals surface area (Å²) in [6, 6.07) is 6.98. The number of hydrazone groups is 1. The summed E-state index contributed by atoms with van der Waals surface area (Å²) in [5, 5.41) is 4.02. The summed E-state index contributed by atoms with van der Waals surface area (Å²) >= 11 is 3.40. The first kappa shape index (κ1) is 14.3. The number of aromatic nitrogens is 2. The fourth-order valence-corrected chi connectivity index (χ4v) is 2.12. The smallest absolute Gasteiger partial charge is 0.252 e. The number of halogens is 1. The molecule has 2 aromatic rings. The number of anilines is 1. The highest BCUT2D eigenvalue weighted by atomic mass is 79.9. The van der Waals surface area contributed by atoms with Gasteiger partial charge in [-0.15, -0.1) is 0 Å². The number of rotatable bonds is 4. The van der Waals surface area contributed by atoms with Gasteiger partial charge in [0.05, 0.1) is 17.8 Å².